The molecule has 1 aliphatic rings. The van der Waals surface area contributed by atoms with Gasteiger partial charge in [-0.15, -0.1) is 10.2 Å². The lowest BCUT2D eigenvalue weighted by atomic mass is 10.1. The summed E-state index contributed by atoms with van der Waals surface area (Å²) >= 11 is 1.04. The summed E-state index contributed by atoms with van der Waals surface area (Å²) in [6, 6.07) is 5.55. The number of aromatic nitrogens is 4. The standard InChI is InChI=1S/C18H16F3N5OS/c1-28-17-24-23-15-13(6-7-14(26(15)17)18(19,20)21)16(27)25(10-11-4-5-11)12-3-2-8-22-9-12/h2-3,6-9,11H,4-5,10H2,1H3. The number of carbonyl (C=O) groups is 1. The Morgan fingerprint density at radius 2 is 2.07 bits per heavy atom. The number of nitrogens with zero attached hydrogens (tertiary/aromatic N) is 5. The third-order valence-corrected chi connectivity index (χ3v) is 5.20. The maximum atomic E-state index is 13.5. The van der Waals surface area contributed by atoms with Crippen LogP contribution in [0.1, 0.15) is 28.9 Å². The fourth-order valence-electron chi connectivity index (χ4n) is 3.02. The molecule has 1 saturated carbocycles. The van der Waals surface area contributed by atoms with E-state index in [0.717, 1.165) is 35.1 Å². The first-order valence-corrected chi connectivity index (χ1v) is 9.84. The van der Waals surface area contributed by atoms with E-state index < -0.39 is 17.8 Å². The summed E-state index contributed by atoms with van der Waals surface area (Å²) in [5.74, 6) is -0.0343. The van der Waals surface area contributed by atoms with Crippen LogP contribution < -0.4 is 4.90 Å². The SMILES string of the molecule is CSc1nnc2c(C(=O)N(CC3CC3)c3cccnc3)ccc(C(F)(F)F)n12. The Bertz CT molecular complexity index is 1020. The van der Waals surface area contributed by atoms with Gasteiger partial charge in [0.25, 0.3) is 5.91 Å². The molecule has 6 nitrogen and oxygen atoms in total. The van der Waals surface area contributed by atoms with Gasteiger partial charge in [-0.2, -0.15) is 13.2 Å². The Balaban J connectivity index is 1.83. The van der Waals surface area contributed by atoms with E-state index in [9.17, 15) is 18.0 Å². The second-order valence-corrected chi connectivity index (χ2v) is 7.32. The van der Waals surface area contributed by atoms with Gasteiger partial charge in [-0.25, -0.2) is 0 Å². The fourth-order valence-corrected chi connectivity index (χ4v) is 3.51. The van der Waals surface area contributed by atoms with Crippen molar-refractivity contribution < 1.29 is 18.0 Å². The van der Waals surface area contributed by atoms with Crippen molar-refractivity contribution in [2.24, 2.45) is 5.92 Å². The Labute approximate surface area is 162 Å². The quantitative estimate of drug-likeness (QED) is 0.600. The molecule has 1 aliphatic carbocycles. The Morgan fingerprint density at radius 1 is 1.29 bits per heavy atom. The minimum Gasteiger partial charge on any atom is -0.306 e. The largest absolute Gasteiger partial charge is 0.431 e. The predicted molar refractivity (Wildman–Crippen MR) is 98.4 cm³/mol. The summed E-state index contributed by atoms with van der Waals surface area (Å²) in [7, 11) is 0. The number of alkyl halides is 3. The predicted octanol–water partition coefficient (Wildman–Crippen LogP) is 3.92. The molecule has 3 aromatic heterocycles. The molecule has 146 valence electrons. The van der Waals surface area contributed by atoms with Crippen molar-refractivity contribution in [1.82, 2.24) is 19.6 Å². The van der Waals surface area contributed by atoms with Crippen LogP contribution >= 0.6 is 11.8 Å². The van der Waals surface area contributed by atoms with Crippen molar-refractivity contribution in [3.05, 3.63) is 47.9 Å². The molecule has 1 fully saturated rings. The molecule has 0 saturated heterocycles. The molecular weight excluding hydrogens is 391 g/mol. The van der Waals surface area contributed by atoms with Gasteiger partial charge in [0, 0.05) is 12.7 Å². The average molecular weight is 407 g/mol. The second-order valence-electron chi connectivity index (χ2n) is 6.55. The zero-order valence-electron chi connectivity index (χ0n) is 14.8. The first-order chi connectivity index (χ1) is 13.4. The van der Waals surface area contributed by atoms with Gasteiger partial charge in [-0.1, -0.05) is 11.8 Å². The maximum absolute atomic E-state index is 13.5. The number of hydrogen-bond acceptors (Lipinski definition) is 5. The van der Waals surface area contributed by atoms with Crippen LogP contribution in [-0.4, -0.2) is 38.3 Å². The van der Waals surface area contributed by atoms with Crippen LogP contribution in [-0.2, 0) is 6.18 Å². The lowest BCUT2D eigenvalue weighted by Crippen LogP contribution is -2.33. The Hall–Kier alpha value is -2.62. The van der Waals surface area contributed by atoms with Gasteiger partial charge in [-0.3, -0.25) is 14.2 Å². The average Bonchev–Trinajstić information content (AvgIpc) is 3.41. The zero-order chi connectivity index (χ0) is 19.9. The Kier molecular flexibility index (Phi) is 4.74. The zero-order valence-corrected chi connectivity index (χ0v) is 15.7. The molecule has 28 heavy (non-hydrogen) atoms. The molecule has 0 radical (unpaired) electrons. The van der Waals surface area contributed by atoms with Crippen molar-refractivity contribution in [3.8, 4) is 0 Å². The van der Waals surface area contributed by atoms with Crippen LogP contribution in [0.4, 0.5) is 18.9 Å². The van der Waals surface area contributed by atoms with Gasteiger partial charge in [0.15, 0.2) is 10.8 Å². The third kappa shape index (κ3) is 3.44. The van der Waals surface area contributed by atoms with Crippen LogP contribution in [0.15, 0.2) is 41.8 Å². The number of amides is 1. The summed E-state index contributed by atoms with van der Waals surface area (Å²) in [6.45, 7) is 0.487. The molecule has 3 heterocycles. The van der Waals surface area contributed by atoms with Gasteiger partial charge in [0.2, 0.25) is 0 Å². The summed E-state index contributed by atoms with van der Waals surface area (Å²) in [5, 5.41) is 7.79. The highest BCUT2D eigenvalue weighted by Crippen LogP contribution is 2.35. The third-order valence-electron chi connectivity index (χ3n) is 4.57. The monoisotopic (exact) mass is 407 g/mol. The summed E-state index contributed by atoms with van der Waals surface area (Å²) in [5.41, 5.74) is -0.343. The molecule has 10 heteroatoms. The smallest absolute Gasteiger partial charge is 0.306 e. The molecule has 0 spiro atoms. The molecule has 0 bridgehead atoms. The van der Waals surface area contributed by atoms with Gasteiger partial charge in [0.1, 0.15) is 5.69 Å². The number of halogens is 3. The van der Waals surface area contributed by atoms with E-state index >= 15 is 0 Å². The van der Waals surface area contributed by atoms with E-state index in [1.807, 2.05) is 0 Å². The molecule has 0 N–H and O–H groups in total. The molecule has 0 unspecified atom stereocenters. The van der Waals surface area contributed by atoms with Crippen molar-refractivity contribution in [2.75, 3.05) is 17.7 Å². The number of fused-ring (bicyclic) bond motifs is 1. The van der Waals surface area contributed by atoms with E-state index in [-0.39, 0.29) is 16.4 Å². The van der Waals surface area contributed by atoms with Gasteiger partial charge >= 0.3 is 6.18 Å². The van der Waals surface area contributed by atoms with Crippen LogP contribution in [0.2, 0.25) is 0 Å². The highest BCUT2D eigenvalue weighted by molar-refractivity contribution is 7.98. The van der Waals surface area contributed by atoms with E-state index in [2.05, 4.69) is 15.2 Å². The topological polar surface area (TPSA) is 63.4 Å². The second kappa shape index (κ2) is 7.08. The summed E-state index contributed by atoms with van der Waals surface area (Å²) in [4.78, 5) is 18.9. The molecular formula is C18H16F3N5OS. The van der Waals surface area contributed by atoms with E-state index in [1.165, 1.54) is 6.07 Å². The van der Waals surface area contributed by atoms with Crippen molar-refractivity contribution in [2.45, 2.75) is 24.2 Å². The molecule has 4 rings (SSSR count). The van der Waals surface area contributed by atoms with E-state index in [4.69, 9.17) is 0 Å². The number of anilines is 1. The lowest BCUT2D eigenvalue weighted by molar-refractivity contribution is -0.142. The lowest BCUT2D eigenvalue weighted by Gasteiger charge is -2.23. The van der Waals surface area contributed by atoms with Crippen LogP contribution in [0.5, 0.6) is 0 Å². The molecule has 1 amide bonds. The van der Waals surface area contributed by atoms with Crippen molar-refractivity contribution in [1.29, 1.82) is 0 Å². The maximum Gasteiger partial charge on any atom is 0.431 e. The van der Waals surface area contributed by atoms with Gasteiger partial charge in [-0.05, 0) is 49.3 Å². The number of thioether (sulfide) groups is 1. The van der Waals surface area contributed by atoms with Crippen LogP contribution in [0.3, 0.4) is 0 Å². The molecule has 3 aromatic rings. The van der Waals surface area contributed by atoms with Gasteiger partial charge in [0.05, 0.1) is 17.4 Å². The molecule has 0 atom stereocenters. The first-order valence-electron chi connectivity index (χ1n) is 8.61. The minimum absolute atomic E-state index is 0.0744. The van der Waals surface area contributed by atoms with Crippen LogP contribution in [0, 0.1) is 5.92 Å². The molecule has 0 aromatic carbocycles. The number of hydrogen-bond donors (Lipinski definition) is 0. The normalized spacial score (nSPS) is 14.4. The minimum atomic E-state index is -4.59. The fraction of sp³-hybridized carbons (Fsp3) is 0.333. The van der Waals surface area contributed by atoms with Gasteiger partial charge < -0.3 is 4.90 Å². The first kappa shape index (κ1) is 18.7. The Morgan fingerprint density at radius 3 is 2.68 bits per heavy atom. The number of carbonyl (C=O) groups excluding carboxylic acids is 1. The highest BCUT2D eigenvalue weighted by atomic mass is 32.2. The number of pyridine rings is 2. The summed E-state index contributed by atoms with van der Waals surface area (Å²) < 4.78 is 41.3. The molecule has 0 aliphatic heterocycles. The van der Waals surface area contributed by atoms with Crippen molar-refractivity contribution in [3.63, 3.8) is 0 Å². The highest BCUT2D eigenvalue weighted by Gasteiger charge is 2.37. The number of rotatable bonds is 5. The van der Waals surface area contributed by atoms with Crippen LogP contribution in [0.25, 0.3) is 5.65 Å². The summed E-state index contributed by atoms with van der Waals surface area (Å²) in [6.07, 6.45) is 2.23. The van der Waals surface area contributed by atoms with E-state index in [0.29, 0.717) is 18.2 Å². The van der Waals surface area contributed by atoms with E-state index in [1.54, 1.807) is 35.7 Å². The van der Waals surface area contributed by atoms with Crippen molar-refractivity contribution >= 4 is 29.0 Å².